The first-order valence-corrected chi connectivity index (χ1v) is 19.6. The molecule has 1 aliphatic heterocycles. The van der Waals surface area contributed by atoms with Crippen molar-refractivity contribution >= 4 is 39.1 Å². The number of aromatic nitrogens is 5. The van der Waals surface area contributed by atoms with Crippen LogP contribution in [0.4, 0.5) is 17.5 Å². The molecule has 1 saturated heterocycles. The lowest BCUT2D eigenvalue weighted by Crippen LogP contribution is -2.48. The molecule has 1 unspecified atom stereocenters. The second-order valence-corrected chi connectivity index (χ2v) is 15.3. The molecule has 0 amide bonds. The molecule has 4 heterocycles. The van der Waals surface area contributed by atoms with Crippen molar-refractivity contribution in [1.29, 1.82) is 0 Å². The van der Waals surface area contributed by atoms with Crippen molar-refractivity contribution in [3.05, 3.63) is 101 Å². The number of ether oxygens (including phenoxy) is 3. The number of aryl methyl sites for hydroxylation is 1. The van der Waals surface area contributed by atoms with Crippen LogP contribution >= 0.6 is 11.6 Å². The molecule has 0 radical (unpaired) electrons. The van der Waals surface area contributed by atoms with Gasteiger partial charge in [0.05, 0.1) is 45.0 Å². The van der Waals surface area contributed by atoms with E-state index in [1.54, 1.807) is 26.5 Å². The Morgan fingerprint density at radius 2 is 1.44 bits per heavy atom. The van der Waals surface area contributed by atoms with Crippen LogP contribution in [0.3, 0.4) is 0 Å². The minimum Gasteiger partial charge on any atom is -0.497 e. The standard InChI is InChI=1S/C38H44ClN9O5S/c1-25(46-15-17-48(18-16-46)54(6,49)50)29-19-33(36(41-21-29)44-30-20-34(53-5)35(39)40-22-30)37-42-26(2)43-38(45-37)47(23-27-7-11-31(51-3)12-8-27)24-28-9-13-32(52-4)14-10-28/h7-14,19-22,25H,15-18,23-24H2,1-6H3,(H,41,44). The van der Waals surface area contributed by atoms with Gasteiger partial charge in [0.25, 0.3) is 0 Å². The van der Waals surface area contributed by atoms with Gasteiger partial charge < -0.3 is 24.4 Å². The first-order chi connectivity index (χ1) is 25.9. The number of nitrogens with zero attached hydrogens (tertiary/aromatic N) is 8. The molecule has 54 heavy (non-hydrogen) atoms. The van der Waals surface area contributed by atoms with E-state index in [4.69, 9.17) is 45.7 Å². The molecule has 5 aromatic rings. The third-order valence-electron chi connectivity index (χ3n) is 9.29. The van der Waals surface area contributed by atoms with Gasteiger partial charge in [-0.15, -0.1) is 0 Å². The highest BCUT2D eigenvalue weighted by Crippen LogP contribution is 2.34. The summed E-state index contributed by atoms with van der Waals surface area (Å²) in [5.41, 5.74) is 4.26. The molecule has 1 N–H and O–H groups in total. The summed E-state index contributed by atoms with van der Waals surface area (Å²) < 4.78 is 42.1. The average Bonchev–Trinajstić information content (AvgIpc) is 3.18. The minimum atomic E-state index is -3.26. The number of nitrogens with one attached hydrogen (secondary N) is 1. The van der Waals surface area contributed by atoms with Crippen LogP contribution in [0.1, 0.15) is 35.5 Å². The Hall–Kier alpha value is -5.09. The number of benzene rings is 2. The van der Waals surface area contributed by atoms with E-state index in [2.05, 4.69) is 27.0 Å². The first kappa shape index (κ1) is 38.6. The fourth-order valence-corrected chi connectivity index (χ4v) is 7.23. The molecule has 0 bridgehead atoms. The monoisotopic (exact) mass is 773 g/mol. The number of sulfonamides is 1. The number of hydrogen-bond donors (Lipinski definition) is 1. The quantitative estimate of drug-likeness (QED) is 0.134. The van der Waals surface area contributed by atoms with Gasteiger partial charge in [0, 0.05) is 57.6 Å². The summed E-state index contributed by atoms with van der Waals surface area (Å²) in [7, 11) is 1.56. The van der Waals surface area contributed by atoms with Crippen LogP contribution in [0, 0.1) is 6.92 Å². The van der Waals surface area contributed by atoms with Crippen molar-refractivity contribution in [2.75, 3.05) is 64.0 Å². The Balaban J connectivity index is 1.40. The van der Waals surface area contributed by atoms with E-state index in [9.17, 15) is 8.42 Å². The molecular formula is C38H44ClN9O5S. The van der Waals surface area contributed by atoms with Gasteiger partial charge in [0.1, 0.15) is 23.1 Å². The number of piperazine rings is 1. The van der Waals surface area contributed by atoms with E-state index >= 15 is 0 Å². The normalized spacial score (nSPS) is 14.4. The van der Waals surface area contributed by atoms with E-state index in [0.717, 1.165) is 28.2 Å². The molecule has 1 fully saturated rings. The number of halogens is 1. The molecule has 0 spiro atoms. The fraction of sp³-hybridized carbons (Fsp3) is 0.342. The van der Waals surface area contributed by atoms with Crippen molar-refractivity contribution in [2.24, 2.45) is 0 Å². The Bertz CT molecular complexity index is 2120. The highest BCUT2D eigenvalue weighted by molar-refractivity contribution is 7.88. The van der Waals surface area contributed by atoms with E-state index in [1.807, 2.05) is 67.7 Å². The van der Waals surface area contributed by atoms with Crippen molar-refractivity contribution in [2.45, 2.75) is 33.0 Å². The Morgan fingerprint density at radius 3 is 2.00 bits per heavy atom. The second kappa shape index (κ2) is 16.9. The van der Waals surface area contributed by atoms with Gasteiger partial charge >= 0.3 is 0 Å². The zero-order valence-corrected chi connectivity index (χ0v) is 32.7. The van der Waals surface area contributed by atoms with Gasteiger partial charge in [-0.2, -0.15) is 14.3 Å². The largest absolute Gasteiger partial charge is 0.497 e. The summed E-state index contributed by atoms with van der Waals surface area (Å²) >= 11 is 6.24. The third-order valence-corrected chi connectivity index (χ3v) is 10.9. The predicted molar refractivity (Wildman–Crippen MR) is 209 cm³/mol. The van der Waals surface area contributed by atoms with Crippen molar-refractivity contribution in [3.8, 4) is 28.6 Å². The topological polar surface area (TPSA) is 148 Å². The van der Waals surface area contributed by atoms with E-state index in [-0.39, 0.29) is 11.2 Å². The van der Waals surface area contributed by atoms with Crippen LogP contribution < -0.4 is 24.4 Å². The number of pyridine rings is 2. The summed E-state index contributed by atoms with van der Waals surface area (Å²) in [6, 6.07) is 19.5. The molecule has 6 rings (SSSR count). The maximum absolute atomic E-state index is 12.2. The highest BCUT2D eigenvalue weighted by atomic mass is 35.5. The van der Waals surface area contributed by atoms with Gasteiger partial charge in [0.2, 0.25) is 16.0 Å². The van der Waals surface area contributed by atoms with E-state index in [1.165, 1.54) is 17.7 Å². The average molecular weight is 774 g/mol. The predicted octanol–water partition coefficient (Wildman–Crippen LogP) is 5.90. The number of methoxy groups -OCH3 is 3. The van der Waals surface area contributed by atoms with Gasteiger partial charge in [-0.1, -0.05) is 35.9 Å². The lowest BCUT2D eigenvalue weighted by Gasteiger charge is -2.37. The van der Waals surface area contributed by atoms with E-state index in [0.29, 0.717) is 79.7 Å². The Labute approximate surface area is 321 Å². The van der Waals surface area contributed by atoms with Crippen molar-refractivity contribution < 1.29 is 22.6 Å². The maximum atomic E-state index is 12.2. The molecule has 14 nitrogen and oxygen atoms in total. The molecule has 0 aliphatic carbocycles. The summed E-state index contributed by atoms with van der Waals surface area (Å²) in [6.07, 6.45) is 4.66. The van der Waals surface area contributed by atoms with E-state index < -0.39 is 10.0 Å². The smallest absolute Gasteiger partial charge is 0.229 e. The second-order valence-electron chi connectivity index (χ2n) is 12.9. The summed E-state index contributed by atoms with van der Waals surface area (Å²) in [5, 5.41) is 3.61. The molecule has 284 valence electrons. The van der Waals surface area contributed by atoms with Gasteiger partial charge in [0.15, 0.2) is 16.7 Å². The van der Waals surface area contributed by atoms with Crippen LogP contribution in [0.15, 0.2) is 73.1 Å². The maximum Gasteiger partial charge on any atom is 0.229 e. The molecular weight excluding hydrogens is 730 g/mol. The Kier molecular flexibility index (Phi) is 12.1. The molecule has 1 aliphatic rings. The van der Waals surface area contributed by atoms with Gasteiger partial charge in [-0.25, -0.2) is 23.4 Å². The highest BCUT2D eigenvalue weighted by Gasteiger charge is 2.28. The van der Waals surface area contributed by atoms with Gasteiger partial charge in [-0.3, -0.25) is 4.90 Å². The van der Waals surface area contributed by atoms with Crippen LogP contribution in [0.2, 0.25) is 5.15 Å². The number of anilines is 3. The van der Waals surface area contributed by atoms with Gasteiger partial charge in [-0.05, 0) is 60.9 Å². The van der Waals surface area contributed by atoms with Crippen LogP contribution in [0.25, 0.3) is 11.4 Å². The number of rotatable bonds is 14. The summed E-state index contributed by atoms with van der Waals surface area (Å²) in [6.45, 7) is 6.96. The van der Waals surface area contributed by atoms with Crippen LogP contribution in [0.5, 0.6) is 17.2 Å². The number of hydrogen-bond acceptors (Lipinski definition) is 13. The molecule has 1 atom stereocenters. The van der Waals surface area contributed by atoms with Crippen molar-refractivity contribution in [3.63, 3.8) is 0 Å². The van der Waals surface area contributed by atoms with Crippen LogP contribution in [-0.4, -0.2) is 96.3 Å². The lowest BCUT2D eigenvalue weighted by molar-refractivity contribution is 0.146. The summed E-state index contributed by atoms with van der Waals surface area (Å²) in [5.74, 6) is 3.88. The molecule has 0 saturated carbocycles. The minimum absolute atomic E-state index is 0.0756. The third kappa shape index (κ3) is 9.34. The first-order valence-electron chi connectivity index (χ1n) is 17.3. The lowest BCUT2D eigenvalue weighted by atomic mass is 10.1. The Morgan fingerprint density at radius 1 is 0.833 bits per heavy atom. The summed E-state index contributed by atoms with van der Waals surface area (Å²) in [4.78, 5) is 28.3. The molecule has 16 heteroatoms. The fourth-order valence-electron chi connectivity index (χ4n) is 6.22. The molecule has 2 aromatic carbocycles. The SMILES string of the molecule is COc1ccc(CN(Cc2ccc(OC)cc2)c2nc(C)nc(-c3cc(C(C)N4CCN(S(C)(=O)=O)CC4)cnc3Nc3cnc(Cl)c(OC)c3)n2)cc1. The zero-order valence-electron chi connectivity index (χ0n) is 31.2. The zero-order chi connectivity index (χ0) is 38.4. The van der Waals surface area contributed by atoms with Crippen molar-refractivity contribution in [1.82, 2.24) is 34.1 Å². The molecule has 3 aromatic heterocycles. The van der Waals surface area contributed by atoms with Crippen LogP contribution in [-0.2, 0) is 23.1 Å².